The van der Waals surface area contributed by atoms with Gasteiger partial charge in [-0.05, 0) is 54.5 Å². The summed E-state index contributed by atoms with van der Waals surface area (Å²) >= 11 is 1.54. The summed E-state index contributed by atoms with van der Waals surface area (Å²) in [5.41, 5.74) is 4.43. The zero-order valence-electron chi connectivity index (χ0n) is 16.1. The average Bonchev–Trinajstić information content (AvgIpc) is 3.40. The van der Waals surface area contributed by atoms with Crippen LogP contribution in [-0.4, -0.2) is 22.7 Å². The molecule has 0 aliphatic carbocycles. The van der Waals surface area contributed by atoms with Crippen LogP contribution in [-0.2, 0) is 4.79 Å². The molecule has 5 rings (SSSR count). The van der Waals surface area contributed by atoms with Gasteiger partial charge in [-0.25, -0.2) is 9.97 Å². The first kappa shape index (κ1) is 18.3. The Kier molecular flexibility index (Phi) is 4.65. The standard InChI is InChI=1S/C23H17N3O3S/c1-14-16(22-26-18-6-3-11-24-23(18)30-22)4-2-5-17(14)25-21(27)10-8-15-7-9-19-20(12-15)29-13-28-19/h2-12H,13H2,1H3,(H,25,27)/b10-8+. The van der Waals surface area contributed by atoms with Crippen LogP contribution in [0.15, 0.2) is 60.8 Å². The number of amides is 1. The van der Waals surface area contributed by atoms with Gasteiger partial charge in [-0.3, -0.25) is 4.79 Å². The lowest BCUT2D eigenvalue weighted by atomic mass is 10.1. The minimum atomic E-state index is -0.209. The van der Waals surface area contributed by atoms with Gasteiger partial charge >= 0.3 is 0 Å². The Morgan fingerprint density at radius 1 is 1.13 bits per heavy atom. The van der Waals surface area contributed by atoms with Crippen LogP contribution in [0.2, 0.25) is 0 Å². The van der Waals surface area contributed by atoms with Gasteiger partial charge in [0.05, 0.1) is 0 Å². The molecule has 6 nitrogen and oxygen atoms in total. The van der Waals surface area contributed by atoms with Gasteiger partial charge in [0.2, 0.25) is 12.7 Å². The average molecular weight is 415 g/mol. The summed E-state index contributed by atoms with van der Waals surface area (Å²) in [6.07, 6.45) is 5.02. The SMILES string of the molecule is Cc1c(NC(=O)/C=C/c2ccc3c(c2)OCO3)cccc1-c1nc2cccnc2s1. The van der Waals surface area contributed by atoms with Crippen LogP contribution in [0.4, 0.5) is 5.69 Å². The van der Waals surface area contributed by atoms with Crippen LogP contribution in [0.25, 0.3) is 27.0 Å². The van der Waals surface area contributed by atoms with Gasteiger partial charge in [-0.15, -0.1) is 0 Å². The van der Waals surface area contributed by atoms with Crippen molar-refractivity contribution >= 4 is 39.4 Å². The predicted octanol–water partition coefficient (Wildman–Crippen LogP) is 5.05. The number of ether oxygens (including phenoxy) is 2. The van der Waals surface area contributed by atoms with E-state index in [1.54, 1.807) is 12.3 Å². The first-order valence-electron chi connectivity index (χ1n) is 9.38. The van der Waals surface area contributed by atoms with Crippen LogP contribution in [0.1, 0.15) is 11.1 Å². The minimum absolute atomic E-state index is 0.209. The van der Waals surface area contributed by atoms with E-state index in [0.717, 1.165) is 37.7 Å². The molecule has 3 heterocycles. The molecule has 0 unspecified atom stereocenters. The highest BCUT2D eigenvalue weighted by atomic mass is 32.1. The Bertz CT molecular complexity index is 1260. The number of pyridine rings is 1. The van der Waals surface area contributed by atoms with Crippen molar-refractivity contribution in [2.24, 2.45) is 0 Å². The quantitative estimate of drug-likeness (QED) is 0.472. The van der Waals surface area contributed by atoms with Crippen molar-refractivity contribution in [2.75, 3.05) is 12.1 Å². The molecule has 30 heavy (non-hydrogen) atoms. The molecule has 1 aliphatic heterocycles. The Morgan fingerprint density at radius 2 is 2.03 bits per heavy atom. The van der Waals surface area contributed by atoms with E-state index in [4.69, 9.17) is 9.47 Å². The number of hydrogen-bond donors (Lipinski definition) is 1. The summed E-state index contributed by atoms with van der Waals surface area (Å²) in [7, 11) is 0. The minimum Gasteiger partial charge on any atom is -0.454 e. The predicted molar refractivity (Wildman–Crippen MR) is 118 cm³/mol. The number of hydrogen-bond acceptors (Lipinski definition) is 6. The number of nitrogens with zero attached hydrogens (tertiary/aromatic N) is 2. The number of benzene rings is 2. The Balaban J connectivity index is 1.36. The zero-order chi connectivity index (χ0) is 20.5. The van der Waals surface area contributed by atoms with Crippen LogP contribution >= 0.6 is 11.3 Å². The maximum Gasteiger partial charge on any atom is 0.248 e. The van der Waals surface area contributed by atoms with Crippen molar-refractivity contribution < 1.29 is 14.3 Å². The molecule has 1 N–H and O–H groups in total. The molecule has 0 saturated heterocycles. The number of thiazole rings is 1. The first-order chi connectivity index (χ1) is 14.7. The van der Waals surface area contributed by atoms with Gasteiger partial charge in [0.25, 0.3) is 0 Å². The van der Waals surface area contributed by atoms with Crippen LogP contribution in [0.3, 0.4) is 0 Å². The second-order valence-corrected chi connectivity index (χ2v) is 7.74. The lowest BCUT2D eigenvalue weighted by molar-refractivity contribution is -0.111. The van der Waals surface area contributed by atoms with Gasteiger partial charge in [-0.1, -0.05) is 29.5 Å². The number of fused-ring (bicyclic) bond motifs is 2. The number of aromatic nitrogens is 2. The molecule has 0 saturated carbocycles. The van der Waals surface area contributed by atoms with Gasteiger partial charge in [0.1, 0.15) is 15.4 Å². The Labute approximate surface area is 176 Å². The molecule has 0 spiro atoms. The molecule has 2 aromatic carbocycles. The van der Waals surface area contributed by atoms with Gasteiger partial charge in [-0.2, -0.15) is 0 Å². The third kappa shape index (κ3) is 3.51. The zero-order valence-corrected chi connectivity index (χ0v) is 16.9. The highest BCUT2D eigenvalue weighted by Crippen LogP contribution is 2.34. The number of carbonyl (C=O) groups is 1. The molecule has 4 aromatic rings. The molecule has 0 atom stereocenters. The maximum absolute atomic E-state index is 12.5. The molecule has 2 aromatic heterocycles. The molecule has 1 amide bonds. The smallest absolute Gasteiger partial charge is 0.248 e. The summed E-state index contributed by atoms with van der Waals surface area (Å²) in [5.74, 6) is 1.19. The molecular weight excluding hydrogens is 398 g/mol. The molecule has 7 heteroatoms. The number of anilines is 1. The summed E-state index contributed by atoms with van der Waals surface area (Å²) in [4.78, 5) is 22.4. The van der Waals surface area contributed by atoms with E-state index in [1.807, 2.05) is 55.5 Å². The number of carbonyl (C=O) groups excluding carboxylic acids is 1. The van der Waals surface area contributed by atoms with E-state index in [0.29, 0.717) is 11.5 Å². The lowest BCUT2D eigenvalue weighted by Crippen LogP contribution is -2.09. The van der Waals surface area contributed by atoms with E-state index in [9.17, 15) is 4.79 Å². The van der Waals surface area contributed by atoms with Crippen LogP contribution < -0.4 is 14.8 Å². The van der Waals surface area contributed by atoms with Crippen molar-refractivity contribution in [3.63, 3.8) is 0 Å². The second-order valence-electron chi connectivity index (χ2n) is 6.76. The van der Waals surface area contributed by atoms with Crippen molar-refractivity contribution in [3.8, 4) is 22.1 Å². The normalized spacial score (nSPS) is 12.6. The van der Waals surface area contributed by atoms with Gasteiger partial charge in [0, 0.05) is 23.5 Å². The van der Waals surface area contributed by atoms with E-state index in [-0.39, 0.29) is 12.7 Å². The summed E-state index contributed by atoms with van der Waals surface area (Å²) in [5, 5.41) is 3.84. The fraction of sp³-hybridized carbons (Fsp3) is 0.0870. The molecule has 1 aliphatic rings. The van der Waals surface area contributed by atoms with Crippen molar-refractivity contribution in [3.05, 3.63) is 71.9 Å². The fourth-order valence-corrected chi connectivity index (χ4v) is 4.24. The monoisotopic (exact) mass is 415 g/mol. The molecule has 148 valence electrons. The van der Waals surface area contributed by atoms with Crippen LogP contribution in [0.5, 0.6) is 11.5 Å². The maximum atomic E-state index is 12.5. The van der Waals surface area contributed by atoms with E-state index in [2.05, 4.69) is 15.3 Å². The number of rotatable bonds is 4. The second kappa shape index (κ2) is 7.61. The third-order valence-corrected chi connectivity index (χ3v) is 5.82. The van der Waals surface area contributed by atoms with E-state index < -0.39 is 0 Å². The highest BCUT2D eigenvalue weighted by Gasteiger charge is 2.14. The topological polar surface area (TPSA) is 73.3 Å². The molecule has 0 bridgehead atoms. The lowest BCUT2D eigenvalue weighted by Gasteiger charge is -2.10. The summed E-state index contributed by atoms with van der Waals surface area (Å²) < 4.78 is 10.7. The third-order valence-electron chi connectivity index (χ3n) is 4.81. The van der Waals surface area contributed by atoms with Gasteiger partial charge < -0.3 is 14.8 Å². The molecular formula is C23H17N3O3S. The summed E-state index contributed by atoms with van der Waals surface area (Å²) in [6.45, 7) is 2.20. The van der Waals surface area contributed by atoms with Crippen molar-refractivity contribution in [2.45, 2.75) is 6.92 Å². The Hall–Kier alpha value is -3.71. The van der Waals surface area contributed by atoms with Crippen molar-refractivity contribution in [1.29, 1.82) is 0 Å². The Morgan fingerprint density at radius 3 is 2.93 bits per heavy atom. The largest absolute Gasteiger partial charge is 0.454 e. The van der Waals surface area contributed by atoms with Crippen LogP contribution in [0, 0.1) is 6.92 Å². The van der Waals surface area contributed by atoms with E-state index in [1.165, 1.54) is 17.4 Å². The number of nitrogens with one attached hydrogen (secondary N) is 1. The van der Waals surface area contributed by atoms with Crippen molar-refractivity contribution in [1.82, 2.24) is 9.97 Å². The van der Waals surface area contributed by atoms with Gasteiger partial charge in [0.15, 0.2) is 11.5 Å². The van der Waals surface area contributed by atoms with E-state index >= 15 is 0 Å². The summed E-state index contributed by atoms with van der Waals surface area (Å²) in [6, 6.07) is 15.2. The molecule has 0 radical (unpaired) electrons. The molecule has 0 fully saturated rings. The first-order valence-corrected chi connectivity index (χ1v) is 10.2. The highest BCUT2D eigenvalue weighted by molar-refractivity contribution is 7.21. The fourth-order valence-electron chi connectivity index (χ4n) is 3.25.